The van der Waals surface area contributed by atoms with Crippen molar-refractivity contribution in [3.05, 3.63) is 65.5 Å². The Kier molecular flexibility index (Phi) is 7.49. The van der Waals surface area contributed by atoms with Crippen LogP contribution in [0.2, 0.25) is 0 Å². The number of nitrogens with one attached hydrogen (secondary N) is 2. The molecule has 2 aromatic carbocycles. The molecule has 0 aliphatic rings. The largest absolute Gasteiger partial charge is 0.488 e. The van der Waals surface area contributed by atoms with E-state index in [1.54, 1.807) is 42.5 Å². The molecule has 0 fully saturated rings. The number of rotatable bonds is 7. The maximum atomic E-state index is 13.7. The summed E-state index contributed by atoms with van der Waals surface area (Å²) in [5.74, 6) is -1.23. The van der Waals surface area contributed by atoms with Crippen LogP contribution in [-0.2, 0) is 16.2 Å². The van der Waals surface area contributed by atoms with Crippen LogP contribution in [0.25, 0.3) is 0 Å². The van der Waals surface area contributed by atoms with Crippen LogP contribution in [0.3, 0.4) is 0 Å². The summed E-state index contributed by atoms with van der Waals surface area (Å²) in [5.41, 5.74) is 3.18. The fraction of sp³-hybridized carbons (Fsp3) is 0.250. The van der Waals surface area contributed by atoms with Crippen molar-refractivity contribution < 1.29 is 18.7 Å². The number of hydrogen-bond acceptors (Lipinski definition) is 4. The first kappa shape index (κ1) is 20.1. The van der Waals surface area contributed by atoms with Gasteiger partial charge in [-0.2, -0.15) is 5.10 Å². The predicted octanol–water partition coefficient (Wildman–Crippen LogP) is 2.63. The first-order valence-corrected chi connectivity index (χ1v) is 8.54. The Morgan fingerprint density at radius 3 is 2.56 bits per heavy atom. The summed E-state index contributed by atoms with van der Waals surface area (Å²) in [5, 5.41) is 6.28. The van der Waals surface area contributed by atoms with E-state index in [1.165, 1.54) is 12.3 Å². The zero-order valence-electron chi connectivity index (χ0n) is 15.2. The molecule has 27 heavy (non-hydrogen) atoms. The van der Waals surface area contributed by atoms with Crippen LogP contribution in [0.4, 0.5) is 4.39 Å². The minimum Gasteiger partial charge on any atom is -0.488 e. The van der Waals surface area contributed by atoms with Crippen LogP contribution >= 0.6 is 0 Å². The normalized spacial score (nSPS) is 10.8. The molecule has 0 aliphatic carbocycles. The van der Waals surface area contributed by atoms with E-state index in [9.17, 15) is 14.0 Å². The van der Waals surface area contributed by atoms with Crippen molar-refractivity contribution in [2.75, 3.05) is 6.54 Å². The van der Waals surface area contributed by atoms with E-state index in [0.717, 1.165) is 0 Å². The Bertz CT molecular complexity index is 822. The van der Waals surface area contributed by atoms with Crippen molar-refractivity contribution in [2.45, 2.75) is 20.5 Å². The molecule has 2 rings (SSSR count). The Morgan fingerprint density at radius 2 is 1.81 bits per heavy atom. The third kappa shape index (κ3) is 6.54. The molecule has 2 aromatic rings. The summed E-state index contributed by atoms with van der Waals surface area (Å²) in [4.78, 5) is 23.3. The number of hydrazone groups is 1. The van der Waals surface area contributed by atoms with Gasteiger partial charge in [0.1, 0.15) is 18.2 Å². The zero-order valence-corrected chi connectivity index (χ0v) is 15.2. The molecule has 0 unspecified atom stereocenters. The summed E-state index contributed by atoms with van der Waals surface area (Å²) in [7, 11) is 0. The maximum Gasteiger partial charge on any atom is 0.329 e. The van der Waals surface area contributed by atoms with Gasteiger partial charge in [-0.3, -0.25) is 9.59 Å². The van der Waals surface area contributed by atoms with Crippen LogP contribution in [0.15, 0.2) is 53.6 Å². The Balaban J connectivity index is 1.95. The zero-order chi connectivity index (χ0) is 19.6. The van der Waals surface area contributed by atoms with Crippen molar-refractivity contribution >= 4 is 18.0 Å². The first-order valence-electron chi connectivity index (χ1n) is 8.54. The number of para-hydroxylation sites is 1. The Morgan fingerprint density at radius 1 is 1.11 bits per heavy atom. The van der Waals surface area contributed by atoms with Crippen molar-refractivity contribution in [3.8, 4) is 5.75 Å². The number of halogens is 1. The van der Waals surface area contributed by atoms with Gasteiger partial charge in [0.05, 0.1) is 6.21 Å². The van der Waals surface area contributed by atoms with Gasteiger partial charge in [-0.05, 0) is 24.1 Å². The van der Waals surface area contributed by atoms with E-state index < -0.39 is 11.8 Å². The van der Waals surface area contributed by atoms with Crippen LogP contribution in [0, 0.1) is 11.7 Å². The lowest BCUT2D eigenvalue weighted by Crippen LogP contribution is -2.39. The number of carbonyl (C=O) groups is 2. The van der Waals surface area contributed by atoms with E-state index in [0.29, 0.717) is 23.4 Å². The molecule has 0 heterocycles. The molecule has 142 valence electrons. The van der Waals surface area contributed by atoms with Gasteiger partial charge in [-0.1, -0.05) is 44.2 Å². The third-order valence-electron chi connectivity index (χ3n) is 3.51. The number of ether oxygens (including phenoxy) is 1. The molecule has 0 bridgehead atoms. The van der Waals surface area contributed by atoms with E-state index >= 15 is 0 Å². The van der Waals surface area contributed by atoms with Gasteiger partial charge in [0.25, 0.3) is 0 Å². The average Bonchev–Trinajstić information content (AvgIpc) is 2.66. The molecule has 6 nitrogen and oxygen atoms in total. The number of nitrogens with zero attached hydrogens (tertiary/aromatic N) is 1. The predicted molar refractivity (Wildman–Crippen MR) is 101 cm³/mol. The lowest BCUT2D eigenvalue weighted by atomic mass is 10.2. The molecule has 0 atom stereocenters. The minimum absolute atomic E-state index is 0.0570. The second kappa shape index (κ2) is 10.1. The van der Waals surface area contributed by atoms with E-state index in [2.05, 4.69) is 15.8 Å². The summed E-state index contributed by atoms with van der Waals surface area (Å²) < 4.78 is 19.3. The van der Waals surface area contributed by atoms with E-state index in [4.69, 9.17) is 4.74 Å². The number of benzene rings is 2. The SMILES string of the molecule is CC(C)CNC(=O)C(=O)N/N=C\c1ccccc1OCc1ccccc1F. The molecule has 0 saturated carbocycles. The first-order chi connectivity index (χ1) is 13.0. The smallest absolute Gasteiger partial charge is 0.329 e. The van der Waals surface area contributed by atoms with Gasteiger partial charge in [-0.25, -0.2) is 9.82 Å². The highest BCUT2D eigenvalue weighted by Gasteiger charge is 2.12. The highest BCUT2D eigenvalue weighted by Crippen LogP contribution is 2.18. The lowest BCUT2D eigenvalue weighted by molar-refractivity contribution is -0.139. The summed E-state index contributed by atoms with van der Waals surface area (Å²) in [6.45, 7) is 4.31. The molecule has 0 radical (unpaired) electrons. The Labute approximate surface area is 157 Å². The van der Waals surface area contributed by atoms with Gasteiger partial charge in [0.2, 0.25) is 0 Å². The molecular weight excluding hydrogens is 349 g/mol. The molecule has 0 saturated heterocycles. The van der Waals surface area contributed by atoms with Gasteiger partial charge in [0.15, 0.2) is 0 Å². The highest BCUT2D eigenvalue weighted by atomic mass is 19.1. The maximum absolute atomic E-state index is 13.7. The van der Waals surface area contributed by atoms with Crippen molar-refractivity contribution in [1.29, 1.82) is 0 Å². The van der Waals surface area contributed by atoms with E-state index in [-0.39, 0.29) is 18.3 Å². The minimum atomic E-state index is -0.850. The van der Waals surface area contributed by atoms with Gasteiger partial charge < -0.3 is 10.1 Å². The Hall–Kier alpha value is -3.22. The van der Waals surface area contributed by atoms with Crippen LogP contribution in [0.1, 0.15) is 25.0 Å². The molecule has 7 heteroatoms. The highest BCUT2D eigenvalue weighted by molar-refractivity contribution is 6.35. The quantitative estimate of drug-likeness (QED) is 0.446. The number of carbonyl (C=O) groups excluding carboxylic acids is 2. The van der Waals surface area contributed by atoms with Crippen LogP contribution < -0.4 is 15.5 Å². The lowest BCUT2D eigenvalue weighted by Gasteiger charge is -2.09. The third-order valence-corrected chi connectivity index (χ3v) is 3.51. The molecule has 2 amide bonds. The second-order valence-corrected chi connectivity index (χ2v) is 6.22. The van der Waals surface area contributed by atoms with Crippen LogP contribution in [-0.4, -0.2) is 24.6 Å². The molecular formula is C20H22FN3O3. The fourth-order valence-electron chi connectivity index (χ4n) is 2.08. The number of amides is 2. The summed E-state index contributed by atoms with van der Waals surface area (Å²) in [6, 6.07) is 13.3. The van der Waals surface area contributed by atoms with Crippen LogP contribution in [0.5, 0.6) is 5.75 Å². The molecule has 0 aliphatic heterocycles. The monoisotopic (exact) mass is 371 g/mol. The second-order valence-electron chi connectivity index (χ2n) is 6.22. The van der Waals surface area contributed by atoms with Gasteiger partial charge in [0, 0.05) is 17.7 Å². The summed E-state index contributed by atoms with van der Waals surface area (Å²) in [6.07, 6.45) is 1.37. The van der Waals surface area contributed by atoms with E-state index in [1.807, 2.05) is 13.8 Å². The molecule has 0 aromatic heterocycles. The van der Waals surface area contributed by atoms with Crippen molar-refractivity contribution in [3.63, 3.8) is 0 Å². The average molecular weight is 371 g/mol. The van der Waals surface area contributed by atoms with Gasteiger partial charge >= 0.3 is 11.8 Å². The standard InChI is InChI=1S/C20H22FN3O3/c1-14(2)11-22-19(25)20(26)24-23-12-15-7-4-6-10-18(15)27-13-16-8-3-5-9-17(16)21/h3-10,12,14H,11,13H2,1-2H3,(H,22,25)(H,24,26)/b23-12-. The summed E-state index contributed by atoms with van der Waals surface area (Å²) >= 11 is 0. The van der Waals surface area contributed by atoms with Gasteiger partial charge in [-0.15, -0.1) is 0 Å². The molecule has 0 spiro atoms. The topological polar surface area (TPSA) is 79.8 Å². The van der Waals surface area contributed by atoms with Crippen molar-refractivity contribution in [1.82, 2.24) is 10.7 Å². The fourth-order valence-corrected chi connectivity index (χ4v) is 2.08. The number of hydrogen-bond donors (Lipinski definition) is 2. The van der Waals surface area contributed by atoms with Crippen molar-refractivity contribution in [2.24, 2.45) is 11.0 Å². The molecule has 2 N–H and O–H groups in total.